The van der Waals surface area contributed by atoms with Gasteiger partial charge in [-0.2, -0.15) is 0 Å². The van der Waals surface area contributed by atoms with E-state index in [0.717, 1.165) is 34.7 Å². The number of benzene rings is 2. The van der Waals surface area contributed by atoms with E-state index in [0.29, 0.717) is 6.42 Å². The standard InChI is InChI=1S/C22H21N3OS/c1-2-16-3-5-17(6-4-16)7-12-21(26)23-19-10-8-18(9-11-19)20-15-25-13-14-27-22(25)24-20/h3-6,8-11,13-15H,2,7,12H2,1H3,(H,23,26). The molecule has 136 valence electrons. The van der Waals surface area contributed by atoms with Crippen molar-refractivity contribution >= 4 is 27.9 Å². The molecular formula is C22H21N3OS. The zero-order valence-corrected chi connectivity index (χ0v) is 16.0. The van der Waals surface area contributed by atoms with Gasteiger partial charge in [0, 0.05) is 35.4 Å². The maximum absolute atomic E-state index is 12.2. The number of thiazole rings is 1. The van der Waals surface area contributed by atoms with Gasteiger partial charge in [-0.3, -0.25) is 9.20 Å². The third-order valence-corrected chi connectivity index (χ3v) is 5.40. The second-order valence-corrected chi connectivity index (χ2v) is 7.39. The topological polar surface area (TPSA) is 46.4 Å². The number of nitrogens with one attached hydrogen (secondary N) is 1. The average Bonchev–Trinajstić information content (AvgIpc) is 3.30. The van der Waals surface area contributed by atoms with Gasteiger partial charge in [0.2, 0.25) is 5.91 Å². The summed E-state index contributed by atoms with van der Waals surface area (Å²) in [4.78, 5) is 17.8. The summed E-state index contributed by atoms with van der Waals surface area (Å²) in [6.07, 6.45) is 6.28. The lowest BCUT2D eigenvalue weighted by Crippen LogP contribution is -2.12. The van der Waals surface area contributed by atoms with Crippen molar-refractivity contribution in [3.05, 3.63) is 77.4 Å². The van der Waals surface area contributed by atoms with Crippen LogP contribution in [0.5, 0.6) is 0 Å². The average molecular weight is 375 g/mol. The van der Waals surface area contributed by atoms with Crippen LogP contribution in [0.3, 0.4) is 0 Å². The zero-order chi connectivity index (χ0) is 18.6. The van der Waals surface area contributed by atoms with Crippen molar-refractivity contribution in [3.63, 3.8) is 0 Å². The Kier molecular flexibility index (Phi) is 5.03. The molecule has 0 radical (unpaired) electrons. The fourth-order valence-electron chi connectivity index (χ4n) is 3.01. The molecule has 2 heterocycles. The fourth-order valence-corrected chi connectivity index (χ4v) is 3.71. The van der Waals surface area contributed by atoms with Crippen LogP contribution in [0.15, 0.2) is 66.3 Å². The lowest BCUT2D eigenvalue weighted by Gasteiger charge is -2.07. The lowest BCUT2D eigenvalue weighted by molar-refractivity contribution is -0.116. The van der Waals surface area contributed by atoms with E-state index in [1.165, 1.54) is 11.1 Å². The van der Waals surface area contributed by atoms with Gasteiger partial charge >= 0.3 is 0 Å². The number of aryl methyl sites for hydroxylation is 2. The molecule has 27 heavy (non-hydrogen) atoms. The second kappa shape index (κ2) is 7.76. The number of rotatable bonds is 6. The Morgan fingerprint density at radius 1 is 1.07 bits per heavy atom. The Morgan fingerprint density at radius 2 is 1.81 bits per heavy atom. The van der Waals surface area contributed by atoms with Gasteiger partial charge in [0.05, 0.1) is 5.69 Å². The number of aromatic nitrogens is 2. The predicted octanol–water partition coefficient (Wildman–Crippen LogP) is 5.20. The van der Waals surface area contributed by atoms with E-state index >= 15 is 0 Å². The van der Waals surface area contributed by atoms with Gasteiger partial charge in [-0.05, 0) is 36.1 Å². The van der Waals surface area contributed by atoms with Crippen molar-refractivity contribution in [3.8, 4) is 11.3 Å². The van der Waals surface area contributed by atoms with Crippen molar-refractivity contribution in [2.24, 2.45) is 0 Å². The minimum Gasteiger partial charge on any atom is -0.326 e. The molecule has 4 nitrogen and oxygen atoms in total. The number of carbonyl (C=O) groups excluding carboxylic acids is 1. The summed E-state index contributed by atoms with van der Waals surface area (Å²) in [5.74, 6) is 0.0322. The Bertz CT molecular complexity index is 1020. The maximum Gasteiger partial charge on any atom is 0.224 e. The van der Waals surface area contributed by atoms with Crippen LogP contribution in [-0.4, -0.2) is 15.3 Å². The molecule has 1 amide bonds. The van der Waals surface area contributed by atoms with Crippen molar-refractivity contribution in [2.75, 3.05) is 5.32 Å². The number of amides is 1. The van der Waals surface area contributed by atoms with E-state index in [-0.39, 0.29) is 5.91 Å². The number of carbonyl (C=O) groups is 1. The lowest BCUT2D eigenvalue weighted by atomic mass is 10.1. The number of hydrogen-bond donors (Lipinski definition) is 1. The quantitative estimate of drug-likeness (QED) is 0.504. The highest BCUT2D eigenvalue weighted by molar-refractivity contribution is 7.15. The van der Waals surface area contributed by atoms with Gasteiger partial charge in [0.15, 0.2) is 4.96 Å². The van der Waals surface area contributed by atoms with Crippen LogP contribution >= 0.6 is 11.3 Å². The monoisotopic (exact) mass is 375 g/mol. The van der Waals surface area contributed by atoms with Gasteiger partial charge in [-0.15, -0.1) is 11.3 Å². The first-order chi connectivity index (χ1) is 13.2. The van der Waals surface area contributed by atoms with Crippen LogP contribution in [0.2, 0.25) is 0 Å². The smallest absolute Gasteiger partial charge is 0.224 e. The van der Waals surface area contributed by atoms with Crippen LogP contribution in [0, 0.1) is 0 Å². The minimum absolute atomic E-state index is 0.0322. The first-order valence-electron chi connectivity index (χ1n) is 9.11. The Labute approximate surface area is 162 Å². The molecule has 4 rings (SSSR count). The van der Waals surface area contributed by atoms with Gasteiger partial charge in [-0.1, -0.05) is 43.3 Å². The molecule has 0 aliphatic rings. The van der Waals surface area contributed by atoms with Crippen LogP contribution in [0.1, 0.15) is 24.5 Å². The van der Waals surface area contributed by atoms with Crippen LogP contribution in [-0.2, 0) is 17.6 Å². The maximum atomic E-state index is 12.2. The molecule has 5 heteroatoms. The first kappa shape index (κ1) is 17.5. The molecule has 1 N–H and O–H groups in total. The van der Waals surface area contributed by atoms with Gasteiger partial charge in [0.25, 0.3) is 0 Å². The first-order valence-corrected chi connectivity index (χ1v) is 9.99. The highest BCUT2D eigenvalue weighted by Crippen LogP contribution is 2.23. The molecule has 2 aromatic carbocycles. The summed E-state index contributed by atoms with van der Waals surface area (Å²) in [5, 5.41) is 4.99. The summed E-state index contributed by atoms with van der Waals surface area (Å²) in [6.45, 7) is 2.14. The molecule has 0 saturated carbocycles. The van der Waals surface area contributed by atoms with E-state index in [1.54, 1.807) is 11.3 Å². The van der Waals surface area contributed by atoms with Crippen molar-refractivity contribution < 1.29 is 4.79 Å². The molecule has 0 bridgehead atoms. The Hall–Kier alpha value is -2.92. The van der Waals surface area contributed by atoms with Crippen LogP contribution in [0.4, 0.5) is 5.69 Å². The predicted molar refractivity (Wildman–Crippen MR) is 111 cm³/mol. The number of anilines is 1. The third kappa shape index (κ3) is 4.09. The van der Waals surface area contributed by atoms with E-state index < -0.39 is 0 Å². The molecule has 0 saturated heterocycles. The number of fused-ring (bicyclic) bond motifs is 1. The summed E-state index contributed by atoms with van der Waals surface area (Å²) in [6, 6.07) is 16.3. The van der Waals surface area contributed by atoms with Crippen molar-refractivity contribution in [1.82, 2.24) is 9.38 Å². The molecule has 0 unspecified atom stereocenters. The summed E-state index contributed by atoms with van der Waals surface area (Å²) in [7, 11) is 0. The summed E-state index contributed by atoms with van der Waals surface area (Å²) >= 11 is 1.61. The van der Waals surface area contributed by atoms with Crippen LogP contribution < -0.4 is 5.32 Å². The van der Waals surface area contributed by atoms with Crippen LogP contribution in [0.25, 0.3) is 16.2 Å². The molecule has 0 atom stereocenters. The highest BCUT2D eigenvalue weighted by atomic mass is 32.1. The van der Waals surface area contributed by atoms with E-state index in [2.05, 4.69) is 41.5 Å². The van der Waals surface area contributed by atoms with E-state index in [4.69, 9.17) is 0 Å². The SMILES string of the molecule is CCc1ccc(CCC(=O)Nc2ccc(-c3cn4ccsc4n3)cc2)cc1. The van der Waals surface area contributed by atoms with E-state index in [9.17, 15) is 4.79 Å². The fraction of sp³-hybridized carbons (Fsp3) is 0.182. The second-order valence-electron chi connectivity index (χ2n) is 6.51. The minimum atomic E-state index is 0.0322. The van der Waals surface area contributed by atoms with Crippen molar-refractivity contribution in [1.29, 1.82) is 0 Å². The Morgan fingerprint density at radius 3 is 2.52 bits per heavy atom. The van der Waals surface area contributed by atoms with E-state index in [1.807, 2.05) is 46.4 Å². The van der Waals surface area contributed by atoms with Crippen molar-refractivity contribution in [2.45, 2.75) is 26.2 Å². The molecular weight excluding hydrogens is 354 g/mol. The number of imidazole rings is 1. The number of nitrogens with zero attached hydrogens (tertiary/aromatic N) is 2. The zero-order valence-electron chi connectivity index (χ0n) is 15.2. The Balaban J connectivity index is 1.34. The molecule has 0 spiro atoms. The molecule has 2 aromatic heterocycles. The van der Waals surface area contributed by atoms with Gasteiger partial charge in [0.1, 0.15) is 0 Å². The highest BCUT2D eigenvalue weighted by Gasteiger charge is 2.07. The normalized spacial score (nSPS) is 11.0. The molecule has 0 fully saturated rings. The third-order valence-electron chi connectivity index (χ3n) is 4.63. The summed E-state index contributed by atoms with van der Waals surface area (Å²) in [5.41, 5.74) is 5.31. The van der Waals surface area contributed by atoms with Gasteiger partial charge in [-0.25, -0.2) is 4.98 Å². The van der Waals surface area contributed by atoms with Gasteiger partial charge < -0.3 is 5.32 Å². The molecule has 0 aliphatic carbocycles. The largest absolute Gasteiger partial charge is 0.326 e. The summed E-state index contributed by atoms with van der Waals surface area (Å²) < 4.78 is 2.02. The number of hydrogen-bond acceptors (Lipinski definition) is 3. The molecule has 4 aromatic rings. The molecule has 0 aliphatic heterocycles.